The smallest absolute Gasteiger partial charge is 0.335 e. The van der Waals surface area contributed by atoms with E-state index in [1.54, 1.807) is 54.7 Å². The number of nitrogens with one attached hydrogen (secondary N) is 1. The van der Waals surface area contributed by atoms with E-state index in [9.17, 15) is 19.1 Å². The third kappa shape index (κ3) is 5.52. The van der Waals surface area contributed by atoms with Gasteiger partial charge in [-0.3, -0.25) is 4.79 Å². The van der Waals surface area contributed by atoms with Gasteiger partial charge < -0.3 is 19.6 Å². The van der Waals surface area contributed by atoms with E-state index in [0.717, 1.165) is 6.07 Å². The standard InChI is InChI=1S/C29H25ClFNO5/c1-16(2)37-19-8-9-20(23(30)15-19)28(33)27(25-5-4-12-32-25)22-13-17(7-11-26(22)36-3)21-14-18(29(34)35)6-10-24(21)31/h4-16,27,32H,1-3H3,(H,34,35). The van der Waals surface area contributed by atoms with Crippen LogP contribution in [0.15, 0.2) is 72.9 Å². The second kappa shape index (κ2) is 10.9. The highest BCUT2D eigenvalue weighted by Crippen LogP contribution is 2.39. The number of methoxy groups -OCH3 is 1. The lowest BCUT2D eigenvalue weighted by atomic mass is 9.85. The molecule has 0 bridgehead atoms. The van der Waals surface area contributed by atoms with Gasteiger partial charge in [0.15, 0.2) is 5.78 Å². The third-order valence-electron chi connectivity index (χ3n) is 5.84. The number of aromatic carboxylic acids is 1. The Morgan fingerprint density at radius 3 is 2.43 bits per heavy atom. The van der Waals surface area contributed by atoms with Crippen LogP contribution in [0, 0.1) is 5.82 Å². The minimum Gasteiger partial charge on any atom is -0.496 e. The van der Waals surface area contributed by atoms with Gasteiger partial charge in [0.1, 0.15) is 17.3 Å². The molecular weight excluding hydrogens is 497 g/mol. The van der Waals surface area contributed by atoms with Crippen LogP contribution in [0.4, 0.5) is 4.39 Å². The monoisotopic (exact) mass is 521 g/mol. The summed E-state index contributed by atoms with van der Waals surface area (Å²) in [6.45, 7) is 3.78. The number of aromatic nitrogens is 1. The van der Waals surface area contributed by atoms with Crippen molar-refractivity contribution in [3.05, 3.63) is 106 Å². The summed E-state index contributed by atoms with van der Waals surface area (Å²) >= 11 is 6.52. The summed E-state index contributed by atoms with van der Waals surface area (Å²) < 4.78 is 26.1. The Morgan fingerprint density at radius 1 is 1.03 bits per heavy atom. The predicted molar refractivity (Wildman–Crippen MR) is 140 cm³/mol. The van der Waals surface area contributed by atoms with Gasteiger partial charge >= 0.3 is 5.97 Å². The molecule has 0 spiro atoms. The maximum Gasteiger partial charge on any atom is 0.335 e. The van der Waals surface area contributed by atoms with Crippen LogP contribution < -0.4 is 9.47 Å². The van der Waals surface area contributed by atoms with Gasteiger partial charge in [-0.2, -0.15) is 0 Å². The fraction of sp³-hybridized carbons (Fsp3) is 0.172. The van der Waals surface area contributed by atoms with E-state index in [2.05, 4.69) is 4.98 Å². The van der Waals surface area contributed by atoms with Crippen LogP contribution >= 0.6 is 11.6 Å². The van der Waals surface area contributed by atoms with Gasteiger partial charge in [0.05, 0.1) is 29.7 Å². The Kier molecular flexibility index (Phi) is 7.64. The summed E-state index contributed by atoms with van der Waals surface area (Å²) in [6, 6.07) is 16.9. The Balaban J connectivity index is 1.86. The van der Waals surface area contributed by atoms with Crippen LogP contribution in [-0.4, -0.2) is 35.1 Å². The molecule has 0 amide bonds. The zero-order valence-electron chi connectivity index (χ0n) is 20.4. The van der Waals surface area contributed by atoms with Crippen LogP contribution in [0.25, 0.3) is 11.1 Å². The van der Waals surface area contributed by atoms with Crippen LogP contribution in [0.5, 0.6) is 11.5 Å². The molecule has 1 unspecified atom stereocenters. The highest BCUT2D eigenvalue weighted by atomic mass is 35.5. The first-order valence-electron chi connectivity index (χ1n) is 11.5. The quantitative estimate of drug-likeness (QED) is 0.232. The molecule has 2 N–H and O–H groups in total. The third-order valence-corrected chi connectivity index (χ3v) is 6.15. The molecule has 37 heavy (non-hydrogen) atoms. The molecular formula is C29H25ClFNO5. The molecule has 1 aromatic heterocycles. The first-order valence-corrected chi connectivity index (χ1v) is 11.9. The van der Waals surface area contributed by atoms with Crippen molar-refractivity contribution in [1.29, 1.82) is 0 Å². The Morgan fingerprint density at radius 2 is 1.81 bits per heavy atom. The summed E-state index contributed by atoms with van der Waals surface area (Å²) in [5.74, 6) is -1.99. The Bertz CT molecular complexity index is 1450. The van der Waals surface area contributed by atoms with Crippen LogP contribution in [0.2, 0.25) is 5.02 Å². The number of hydrogen-bond acceptors (Lipinski definition) is 4. The van der Waals surface area contributed by atoms with Gasteiger partial charge in [0.2, 0.25) is 0 Å². The largest absolute Gasteiger partial charge is 0.496 e. The van der Waals surface area contributed by atoms with Gasteiger partial charge in [-0.05, 0) is 80.1 Å². The molecule has 0 aliphatic heterocycles. The highest BCUT2D eigenvalue weighted by Gasteiger charge is 2.30. The minimum absolute atomic E-state index is 0.0544. The SMILES string of the molecule is COc1ccc(-c2cc(C(=O)O)ccc2F)cc1C(C(=O)c1ccc(OC(C)C)cc1Cl)c1ccc[nH]1. The fourth-order valence-corrected chi connectivity index (χ4v) is 4.44. The number of benzene rings is 3. The molecule has 0 aliphatic rings. The summed E-state index contributed by atoms with van der Waals surface area (Å²) in [5, 5.41) is 9.61. The lowest BCUT2D eigenvalue weighted by Crippen LogP contribution is -2.17. The van der Waals surface area contributed by atoms with Crippen molar-refractivity contribution in [1.82, 2.24) is 4.98 Å². The highest BCUT2D eigenvalue weighted by molar-refractivity contribution is 6.34. The average Bonchev–Trinajstić information content (AvgIpc) is 3.38. The second-order valence-electron chi connectivity index (χ2n) is 8.69. The maximum atomic E-state index is 14.8. The number of ether oxygens (including phenoxy) is 2. The van der Waals surface area contributed by atoms with Crippen LogP contribution in [0.1, 0.15) is 51.7 Å². The van der Waals surface area contributed by atoms with Crippen molar-refractivity contribution in [2.24, 2.45) is 0 Å². The van der Waals surface area contributed by atoms with E-state index >= 15 is 0 Å². The number of hydrogen-bond donors (Lipinski definition) is 2. The van der Waals surface area contributed by atoms with E-state index in [1.807, 2.05) is 13.8 Å². The normalized spacial score (nSPS) is 11.8. The maximum absolute atomic E-state index is 14.8. The molecule has 1 atom stereocenters. The van der Waals surface area contributed by atoms with Crippen LogP contribution in [-0.2, 0) is 0 Å². The number of carbonyl (C=O) groups excluding carboxylic acids is 1. The van der Waals surface area contributed by atoms with Crippen molar-refractivity contribution >= 4 is 23.4 Å². The molecule has 0 saturated carbocycles. The molecule has 4 rings (SSSR count). The van der Waals surface area contributed by atoms with Gasteiger partial charge in [-0.25, -0.2) is 9.18 Å². The summed E-state index contributed by atoms with van der Waals surface area (Å²) in [4.78, 5) is 28.5. The summed E-state index contributed by atoms with van der Waals surface area (Å²) in [5.41, 5.74) is 1.76. The van der Waals surface area contributed by atoms with Gasteiger partial charge in [-0.1, -0.05) is 17.7 Å². The zero-order valence-corrected chi connectivity index (χ0v) is 21.2. The number of halogens is 2. The number of carbonyl (C=O) groups is 2. The molecule has 0 aliphatic carbocycles. The molecule has 0 fully saturated rings. The second-order valence-corrected chi connectivity index (χ2v) is 9.09. The minimum atomic E-state index is -1.17. The Labute approximate surface area is 218 Å². The molecule has 3 aromatic carbocycles. The molecule has 1 heterocycles. The molecule has 0 radical (unpaired) electrons. The van der Waals surface area contributed by atoms with E-state index < -0.39 is 17.7 Å². The number of ketones is 1. The predicted octanol–water partition coefficient (Wildman–Crippen LogP) is 6.98. The molecule has 8 heteroatoms. The first-order chi connectivity index (χ1) is 17.7. The van der Waals surface area contributed by atoms with E-state index in [0.29, 0.717) is 28.3 Å². The number of rotatable bonds is 9. The fourth-order valence-electron chi connectivity index (χ4n) is 4.18. The molecule has 6 nitrogen and oxygen atoms in total. The van der Waals surface area contributed by atoms with Gasteiger partial charge in [0.25, 0.3) is 0 Å². The number of Topliss-reactive ketones (excluding diaryl/α,β-unsaturated/α-hetero) is 1. The van der Waals surface area contributed by atoms with E-state index in [-0.39, 0.29) is 33.6 Å². The number of carboxylic acids is 1. The number of aromatic amines is 1. The van der Waals surface area contributed by atoms with E-state index in [4.69, 9.17) is 21.1 Å². The van der Waals surface area contributed by atoms with Crippen molar-refractivity contribution < 1.29 is 28.6 Å². The van der Waals surface area contributed by atoms with Crippen molar-refractivity contribution in [2.45, 2.75) is 25.9 Å². The number of carboxylic acid groups (broad SMARTS) is 1. The average molecular weight is 522 g/mol. The lowest BCUT2D eigenvalue weighted by Gasteiger charge is -2.21. The first kappa shape index (κ1) is 26.0. The zero-order chi connectivity index (χ0) is 26.7. The lowest BCUT2D eigenvalue weighted by molar-refractivity contribution is 0.0696. The van der Waals surface area contributed by atoms with Crippen molar-refractivity contribution in [2.75, 3.05) is 7.11 Å². The summed E-state index contributed by atoms with van der Waals surface area (Å²) in [6.07, 6.45) is 1.64. The molecule has 4 aromatic rings. The van der Waals surface area contributed by atoms with Gasteiger partial charge in [-0.15, -0.1) is 0 Å². The molecule has 190 valence electrons. The van der Waals surface area contributed by atoms with Gasteiger partial charge in [0, 0.05) is 28.6 Å². The molecule has 0 saturated heterocycles. The van der Waals surface area contributed by atoms with Crippen molar-refractivity contribution in [3.8, 4) is 22.6 Å². The topological polar surface area (TPSA) is 88.6 Å². The van der Waals surface area contributed by atoms with Crippen LogP contribution in [0.3, 0.4) is 0 Å². The summed E-state index contributed by atoms with van der Waals surface area (Å²) in [7, 11) is 1.48. The Hall–Kier alpha value is -4.10. The van der Waals surface area contributed by atoms with Crippen molar-refractivity contribution in [3.63, 3.8) is 0 Å². The van der Waals surface area contributed by atoms with E-state index in [1.165, 1.54) is 19.2 Å². The number of H-pyrrole nitrogens is 1.